The normalized spacial score (nSPS) is 18.4. The first-order valence-electron chi connectivity index (χ1n) is 8.38. The van der Waals surface area contributed by atoms with Gasteiger partial charge in [0, 0.05) is 13.6 Å². The molecule has 8 heteroatoms. The molecule has 1 aromatic carbocycles. The summed E-state index contributed by atoms with van der Waals surface area (Å²) in [5, 5.41) is 10.7. The third-order valence-electron chi connectivity index (χ3n) is 4.79. The molecule has 0 amide bonds. The van der Waals surface area contributed by atoms with Gasteiger partial charge < -0.3 is 4.57 Å². The van der Waals surface area contributed by atoms with Crippen LogP contribution in [0.4, 0.5) is 0 Å². The highest BCUT2D eigenvalue weighted by Gasteiger charge is 2.37. The molecular weight excluding hydrogens is 368 g/mol. The molecule has 0 radical (unpaired) electrons. The smallest absolute Gasteiger partial charge is 0.218 e. The summed E-state index contributed by atoms with van der Waals surface area (Å²) >= 11 is 1.27. The second-order valence-electron chi connectivity index (χ2n) is 6.47. The van der Waals surface area contributed by atoms with Crippen molar-refractivity contribution in [3.8, 4) is 6.07 Å². The Morgan fingerprint density at radius 2 is 2.19 bits per heavy atom. The summed E-state index contributed by atoms with van der Waals surface area (Å²) in [6.07, 6.45) is 1.59. The van der Waals surface area contributed by atoms with E-state index in [1.807, 2.05) is 35.9 Å². The molecule has 4 rings (SSSR count). The molecule has 134 valence electrons. The number of hydrogen-bond donors (Lipinski definition) is 0. The number of hydrogen-bond acceptors (Lipinski definition) is 5. The van der Waals surface area contributed by atoms with E-state index in [0.29, 0.717) is 17.0 Å². The zero-order chi connectivity index (χ0) is 18.3. The van der Waals surface area contributed by atoms with Crippen LogP contribution in [0.5, 0.6) is 0 Å². The fraction of sp³-hybridized carbons (Fsp3) is 0.333. The molecule has 1 unspecified atom stereocenters. The lowest BCUT2D eigenvalue weighted by Gasteiger charge is -2.23. The van der Waals surface area contributed by atoms with E-state index >= 15 is 0 Å². The first-order chi connectivity index (χ1) is 12.5. The number of aromatic nitrogens is 2. The van der Waals surface area contributed by atoms with Crippen LogP contribution in [0.15, 0.2) is 35.7 Å². The van der Waals surface area contributed by atoms with Crippen LogP contribution in [-0.4, -0.2) is 28.8 Å². The minimum Gasteiger partial charge on any atom is -0.330 e. The van der Waals surface area contributed by atoms with E-state index in [9.17, 15) is 8.42 Å². The topological polar surface area (TPSA) is 79.0 Å². The van der Waals surface area contributed by atoms with Crippen molar-refractivity contribution in [2.24, 2.45) is 7.05 Å². The molecule has 0 bridgehead atoms. The summed E-state index contributed by atoms with van der Waals surface area (Å²) in [5.41, 5.74) is 2.55. The third kappa shape index (κ3) is 2.92. The lowest BCUT2D eigenvalue weighted by Crippen LogP contribution is -2.32. The number of rotatable bonds is 4. The quantitative estimate of drug-likeness (QED) is 0.690. The average Bonchev–Trinajstić information content (AvgIpc) is 3.33. The Bertz CT molecular complexity index is 1110. The maximum absolute atomic E-state index is 13.0. The van der Waals surface area contributed by atoms with Crippen LogP contribution in [0.3, 0.4) is 0 Å². The van der Waals surface area contributed by atoms with Crippen molar-refractivity contribution in [3.63, 3.8) is 0 Å². The van der Waals surface area contributed by atoms with Crippen LogP contribution in [0.2, 0.25) is 0 Å². The summed E-state index contributed by atoms with van der Waals surface area (Å²) in [4.78, 5) is 5.23. The van der Waals surface area contributed by atoms with Gasteiger partial charge in [-0.2, -0.15) is 9.57 Å². The number of imidazole rings is 1. The van der Waals surface area contributed by atoms with E-state index in [1.54, 1.807) is 15.8 Å². The van der Waals surface area contributed by atoms with Crippen LogP contribution >= 0.6 is 11.3 Å². The standard InChI is InChI=1S/C18H18N4O2S2/c1-21-16-6-3-2-5-15(16)20-18(21)17-7-4-8-22(17)26(23,24)12-13-9-14(10-19)25-11-13/h2-3,5-6,9,11,17H,4,7-8,12H2,1H3. The van der Waals surface area contributed by atoms with Crippen LogP contribution in [0, 0.1) is 11.3 Å². The van der Waals surface area contributed by atoms with Gasteiger partial charge in [0.25, 0.3) is 0 Å². The number of nitrogens with zero attached hydrogens (tertiary/aromatic N) is 4. The lowest BCUT2D eigenvalue weighted by molar-refractivity contribution is 0.378. The van der Waals surface area contributed by atoms with Gasteiger partial charge in [-0.05, 0) is 42.0 Å². The zero-order valence-electron chi connectivity index (χ0n) is 14.3. The average molecular weight is 387 g/mol. The van der Waals surface area contributed by atoms with Crippen molar-refractivity contribution >= 4 is 32.4 Å². The van der Waals surface area contributed by atoms with Crippen molar-refractivity contribution in [2.75, 3.05) is 6.54 Å². The number of benzene rings is 1. The molecule has 1 aliphatic heterocycles. The van der Waals surface area contributed by atoms with Crippen LogP contribution in [-0.2, 0) is 22.8 Å². The highest BCUT2D eigenvalue weighted by Crippen LogP contribution is 2.36. The Labute approximate surface area is 156 Å². The molecular formula is C18H18N4O2S2. The minimum atomic E-state index is -3.48. The number of nitriles is 1. The van der Waals surface area contributed by atoms with Crippen molar-refractivity contribution in [2.45, 2.75) is 24.6 Å². The predicted molar refractivity (Wildman–Crippen MR) is 101 cm³/mol. The molecule has 6 nitrogen and oxygen atoms in total. The maximum atomic E-state index is 13.0. The van der Waals surface area contributed by atoms with Gasteiger partial charge in [0.2, 0.25) is 10.0 Å². The van der Waals surface area contributed by atoms with Gasteiger partial charge in [0.1, 0.15) is 16.8 Å². The summed E-state index contributed by atoms with van der Waals surface area (Å²) in [7, 11) is -1.55. The zero-order valence-corrected chi connectivity index (χ0v) is 15.9. The lowest BCUT2D eigenvalue weighted by atomic mass is 10.2. The van der Waals surface area contributed by atoms with Gasteiger partial charge in [0.05, 0.1) is 22.8 Å². The third-order valence-corrected chi connectivity index (χ3v) is 7.53. The van der Waals surface area contributed by atoms with Gasteiger partial charge in [-0.25, -0.2) is 13.4 Å². The predicted octanol–water partition coefficient (Wildman–Crippen LogP) is 3.17. The molecule has 3 heterocycles. The Morgan fingerprint density at radius 3 is 2.92 bits per heavy atom. The molecule has 3 aromatic rings. The largest absolute Gasteiger partial charge is 0.330 e. The van der Waals surface area contributed by atoms with Gasteiger partial charge in [-0.3, -0.25) is 0 Å². The highest BCUT2D eigenvalue weighted by molar-refractivity contribution is 7.88. The van der Waals surface area contributed by atoms with Crippen LogP contribution in [0.25, 0.3) is 11.0 Å². The minimum absolute atomic E-state index is 0.0778. The van der Waals surface area contributed by atoms with E-state index in [4.69, 9.17) is 10.2 Å². The second-order valence-corrected chi connectivity index (χ2v) is 9.31. The highest BCUT2D eigenvalue weighted by atomic mass is 32.2. The summed E-state index contributed by atoms with van der Waals surface area (Å²) in [5.74, 6) is 0.710. The fourth-order valence-electron chi connectivity index (χ4n) is 3.60. The van der Waals surface area contributed by atoms with Gasteiger partial charge in [0.15, 0.2) is 0 Å². The van der Waals surface area contributed by atoms with Gasteiger partial charge >= 0.3 is 0 Å². The summed E-state index contributed by atoms with van der Waals surface area (Å²) in [6, 6.07) is 11.3. The van der Waals surface area contributed by atoms with Crippen LogP contribution < -0.4 is 0 Å². The van der Waals surface area contributed by atoms with Crippen molar-refractivity contribution < 1.29 is 8.42 Å². The molecule has 1 saturated heterocycles. The molecule has 26 heavy (non-hydrogen) atoms. The number of para-hydroxylation sites is 2. The SMILES string of the molecule is Cn1c(C2CCCN2S(=O)(=O)Cc2csc(C#N)c2)nc2ccccc21. The van der Waals surface area contributed by atoms with E-state index in [1.165, 1.54) is 11.3 Å². The molecule has 2 aromatic heterocycles. The Kier molecular flexibility index (Phi) is 4.31. The van der Waals surface area contributed by atoms with E-state index in [0.717, 1.165) is 29.7 Å². The molecule has 0 spiro atoms. The van der Waals surface area contributed by atoms with Crippen molar-refractivity contribution in [3.05, 3.63) is 52.0 Å². The number of sulfonamides is 1. The van der Waals surface area contributed by atoms with Crippen LogP contribution in [0.1, 0.15) is 35.1 Å². The fourth-order valence-corrected chi connectivity index (χ4v) is 6.15. The molecule has 1 aliphatic rings. The molecule has 1 fully saturated rings. The monoisotopic (exact) mass is 386 g/mol. The Hall–Kier alpha value is -2.21. The summed E-state index contributed by atoms with van der Waals surface area (Å²) < 4.78 is 29.6. The first-order valence-corrected chi connectivity index (χ1v) is 10.9. The second kappa shape index (κ2) is 6.50. The number of fused-ring (bicyclic) bond motifs is 1. The molecule has 1 atom stereocenters. The Balaban J connectivity index is 1.67. The first kappa shape index (κ1) is 17.2. The van der Waals surface area contributed by atoms with Gasteiger partial charge in [-0.1, -0.05) is 12.1 Å². The molecule has 0 aliphatic carbocycles. The van der Waals surface area contributed by atoms with Crippen molar-refractivity contribution in [1.29, 1.82) is 5.26 Å². The van der Waals surface area contributed by atoms with E-state index < -0.39 is 10.0 Å². The van der Waals surface area contributed by atoms with E-state index in [2.05, 4.69) is 6.07 Å². The van der Waals surface area contributed by atoms with Crippen molar-refractivity contribution in [1.82, 2.24) is 13.9 Å². The molecule has 0 saturated carbocycles. The summed E-state index contributed by atoms with van der Waals surface area (Å²) in [6.45, 7) is 0.505. The Morgan fingerprint density at radius 1 is 1.38 bits per heavy atom. The number of aryl methyl sites for hydroxylation is 1. The number of thiophene rings is 1. The van der Waals surface area contributed by atoms with Gasteiger partial charge in [-0.15, -0.1) is 11.3 Å². The maximum Gasteiger partial charge on any atom is 0.218 e. The van der Waals surface area contributed by atoms with E-state index in [-0.39, 0.29) is 11.8 Å². The molecule has 0 N–H and O–H groups in total.